The summed E-state index contributed by atoms with van der Waals surface area (Å²) in [6.07, 6.45) is -2.24. The van der Waals surface area contributed by atoms with E-state index in [1.807, 2.05) is 24.3 Å². The molecule has 0 bridgehead atoms. The Morgan fingerprint density at radius 3 is 2.57 bits per heavy atom. The third kappa shape index (κ3) is 5.32. The van der Waals surface area contributed by atoms with Gasteiger partial charge in [-0.15, -0.1) is 5.10 Å². The van der Waals surface area contributed by atoms with E-state index in [1.165, 1.54) is 18.3 Å². The molecule has 28 heavy (non-hydrogen) atoms. The van der Waals surface area contributed by atoms with Gasteiger partial charge in [-0.25, -0.2) is 0 Å². The number of methoxy groups -OCH3 is 1. The summed E-state index contributed by atoms with van der Waals surface area (Å²) in [5, 5.41) is 13.7. The minimum absolute atomic E-state index is 0.319. The van der Waals surface area contributed by atoms with Gasteiger partial charge < -0.3 is 15.4 Å². The first kappa shape index (κ1) is 19.4. The number of hydrogen-bond acceptors (Lipinski definition) is 6. The Morgan fingerprint density at radius 2 is 1.86 bits per heavy atom. The van der Waals surface area contributed by atoms with Gasteiger partial charge in [0.15, 0.2) is 5.82 Å². The van der Waals surface area contributed by atoms with Crippen molar-refractivity contribution in [3.8, 4) is 5.75 Å². The first-order valence-corrected chi connectivity index (χ1v) is 8.45. The number of rotatable bonds is 7. The fourth-order valence-corrected chi connectivity index (χ4v) is 2.48. The number of alkyl halides is 3. The highest BCUT2D eigenvalue weighted by atomic mass is 19.4. The van der Waals surface area contributed by atoms with Crippen LogP contribution in [0, 0.1) is 0 Å². The molecule has 0 aliphatic carbocycles. The van der Waals surface area contributed by atoms with Crippen molar-refractivity contribution in [2.45, 2.75) is 12.6 Å². The Bertz CT molecular complexity index is 916. The van der Waals surface area contributed by atoms with Crippen molar-refractivity contribution < 1.29 is 17.9 Å². The number of nitrogens with zero attached hydrogens (tertiary/aromatic N) is 3. The number of anilines is 3. The molecular weight excluding hydrogens is 371 g/mol. The topological polar surface area (TPSA) is 72.0 Å². The van der Waals surface area contributed by atoms with E-state index < -0.39 is 11.7 Å². The van der Waals surface area contributed by atoms with Crippen molar-refractivity contribution in [1.82, 2.24) is 15.2 Å². The summed E-state index contributed by atoms with van der Waals surface area (Å²) in [4.78, 5) is 4.26. The monoisotopic (exact) mass is 389 g/mol. The second-order valence-electron chi connectivity index (χ2n) is 5.89. The number of aromatic nitrogens is 3. The molecule has 3 rings (SSSR count). The van der Waals surface area contributed by atoms with Crippen LogP contribution < -0.4 is 15.4 Å². The Hall–Kier alpha value is -3.36. The maximum atomic E-state index is 12.6. The van der Waals surface area contributed by atoms with Gasteiger partial charge in [0.25, 0.3) is 0 Å². The molecule has 0 fully saturated rings. The number of benzene rings is 2. The van der Waals surface area contributed by atoms with E-state index in [0.717, 1.165) is 29.9 Å². The number of nitrogens with one attached hydrogen (secondary N) is 2. The summed E-state index contributed by atoms with van der Waals surface area (Å²) < 4.78 is 43.0. The normalized spacial score (nSPS) is 11.1. The molecular formula is C19H18F3N5O. The minimum atomic E-state index is -4.37. The van der Waals surface area contributed by atoms with Crippen LogP contribution in [-0.2, 0) is 12.6 Å². The zero-order valence-corrected chi connectivity index (χ0v) is 15.0. The molecule has 3 aromatic rings. The van der Waals surface area contributed by atoms with Crippen LogP contribution in [0.5, 0.6) is 5.75 Å². The van der Waals surface area contributed by atoms with Crippen molar-refractivity contribution in [2.24, 2.45) is 0 Å². The molecule has 1 heterocycles. The van der Waals surface area contributed by atoms with Crippen molar-refractivity contribution in [1.29, 1.82) is 0 Å². The molecule has 146 valence electrons. The lowest BCUT2D eigenvalue weighted by Crippen LogP contribution is -2.10. The molecule has 0 atom stereocenters. The summed E-state index contributed by atoms with van der Waals surface area (Å²) >= 11 is 0. The predicted octanol–water partition coefficient (Wildman–Crippen LogP) is 4.30. The third-order valence-electron chi connectivity index (χ3n) is 3.87. The summed E-state index contributed by atoms with van der Waals surface area (Å²) in [6, 6.07) is 12.4. The zero-order chi connectivity index (χ0) is 20.0. The standard InChI is InChI=1S/C19H18F3N5O/c1-28-16-4-2-3-13(11-16)9-10-23-18-26-17(12-24-27-18)25-15-7-5-14(6-8-15)19(20,21)22/h2-8,11-12H,9-10H2,1H3,(H2,23,25,26,27). The van der Waals surface area contributed by atoms with Crippen LogP contribution in [0.3, 0.4) is 0 Å². The van der Waals surface area contributed by atoms with Gasteiger partial charge in [0.05, 0.1) is 18.9 Å². The van der Waals surface area contributed by atoms with E-state index in [4.69, 9.17) is 4.74 Å². The van der Waals surface area contributed by atoms with Gasteiger partial charge in [-0.05, 0) is 48.4 Å². The first-order chi connectivity index (χ1) is 13.4. The van der Waals surface area contributed by atoms with Gasteiger partial charge in [-0.3, -0.25) is 0 Å². The van der Waals surface area contributed by atoms with E-state index in [1.54, 1.807) is 7.11 Å². The van der Waals surface area contributed by atoms with Gasteiger partial charge in [0.2, 0.25) is 5.95 Å². The summed E-state index contributed by atoms with van der Waals surface area (Å²) in [7, 11) is 1.62. The van der Waals surface area contributed by atoms with Gasteiger partial charge >= 0.3 is 6.18 Å². The summed E-state index contributed by atoms with van der Waals surface area (Å²) in [6.45, 7) is 0.582. The molecule has 2 aromatic carbocycles. The van der Waals surface area contributed by atoms with Gasteiger partial charge in [0, 0.05) is 12.2 Å². The van der Waals surface area contributed by atoms with E-state index in [0.29, 0.717) is 24.0 Å². The first-order valence-electron chi connectivity index (χ1n) is 8.45. The largest absolute Gasteiger partial charge is 0.497 e. The molecule has 0 saturated carbocycles. The Labute approximate surface area is 159 Å². The van der Waals surface area contributed by atoms with E-state index in [9.17, 15) is 13.2 Å². The fourth-order valence-electron chi connectivity index (χ4n) is 2.48. The molecule has 0 aliphatic rings. The van der Waals surface area contributed by atoms with Crippen LogP contribution in [0.15, 0.2) is 54.7 Å². The Kier molecular flexibility index (Phi) is 5.93. The second-order valence-corrected chi connectivity index (χ2v) is 5.89. The number of ether oxygens (including phenoxy) is 1. The second kappa shape index (κ2) is 8.55. The average molecular weight is 389 g/mol. The van der Waals surface area contributed by atoms with Crippen LogP contribution in [0.1, 0.15) is 11.1 Å². The Balaban J connectivity index is 1.57. The van der Waals surface area contributed by atoms with Crippen molar-refractivity contribution in [3.05, 3.63) is 65.9 Å². The van der Waals surface area contributed by atoms with Crippen molar-refractivity contribution >= 4 is 17.5 Å². The van der Waals surface area contributed by atoms with Crippen molar-refractivity contribution in [2.75, 3.05) is 24.3 Å². The molecule has 6 nitrogen and oxygen atoms in total. The molecule has 9 heteroatoms. The third-order valence-corrected chi connectivity index (χ3v) is 3.87. The van der Waals surface area contributed by atoms with Crippen LogP contribution in [0.4, 0.5) is 30.6 Å². The molecule has 0 unspecified atom stereocenters. The number of hydrogen-bond donors (Lipinski definition) is 2. The van der Waals surface area contributed by atoms with Gasteiger partial charge in [-0.1, -0.05) is 12.1 Å². The average Bonchev–Trinajstić information content (AvgIpc) is 2.68. The molecule has 1 aromatic heterocycles. The van der Waals surface area contributed by atoms with E-state index in [-0.39, 0.29) is 0 Å². The lowest BCUT2D eigenvalue weighted by molar-refractivity contribution is -0.137. The molecule has 0 saturated heterocycles. The highest BCUT2D eigenvalue weighted by molar-refractivity contribution is 5.56. The lowest BCUT2D eigenvalue weighted by Gasteiger charge is -2.10. The lowest BCUT2D eigenvalue weighted by atomic mass is 10.1. The minimum Gasteiger partial charge on any atom is -0.497 e. The van der Waals surface area contributed by atoms with Crippen molar-refractivity contribution in [3.63, 3.8) is 0 Å². The highest BCUT2D eigenvalue weighted by Gasteiger charge is 2.29. The predicted molar refractivity (Wildman–Crippen MR) is 99.7 cm³/mol. The van der Waals surface area contributed by atoms with E-state index >= 15 is 0 Å². The van der Waals surface area contributed by atoms with Crippen LogP contribution in [0.25, 0.3) is 0 Å². The zero-order valence-electron chi connectivity index (χ0n) is 15.0. The summed E-state index contributed by atoms with van der Waals surface area (Å²) in [5.41, 5.74) is 0.855. The Morgan fingerprint density at radius 1 is 1.07 bits per heavy atom. The fraction of sp³-hybridized carbons (Fsp3) is 0.211. The SMILES string of the molecule is COc1cccc(CCNc2nncc(Nc3ccc(C(F)(F)F)cc3)n2)c1. The smallest absolute Gasteiger partial charge is 0.416 e. The van der Waals surface area contributed by atoms with Gasteiger partial charge in [0.1, 0.15) is 5.75 Å². The molecule has 2 N–H and O–H groups in total. The highest BCUT2D eigenvalue weighted by Crippen LogP contribution is 2.30. The maximum Gasteiger partial charge on any atom is 0.416 e. The quantitative estimate of drug-likeness (QED) is 0.628. The molecule has 0 spiro atoms. The van der Waals surface area contributed by atoms with Crippen LogP contribution in [0.2, 0.25) is 0 Å². The van der Waals surface area contributed by atoms with Crippen LogP contribution >= 0.6 is 0 Å². The molecule has 0 amide bonds. The molecule has 0 radical (unpaired) electrons. The summed E-state index contributed by atoms with van der Waals surface area (Å²) in [5.74, 6) is 1.48. The molecule has 0 aliphatic heterocycles. The van der Waals surface area contributed by atoms with E-state index in [2.05, 4.69) is 25.8 Å². The maximum absolute atomic E-state index is 12.6. The number of halogens is 3. The van der Waals surface area contributed by atoms with Gasteiger partial charge in [-0.2, -0.15) is 23.3 Å². The van der Waals surface area contributed by atoms with Crippen LogP contribution in [-0.4, -0.2) is 28.8 Å².